The van der Waals surface area contributed by atoms with E-state index in [0.717, 1.165) is 31.7 Å². The number of halogens is 2. The second-order valence-electron chi connectivity index (χ2n) is 2.67. The van der Waals surface area contributed by atoms with Gasteiger partial charge in [0.2, 0.25) is 0 Å². The molecule has 1 aromatic heterocycles. The molecule has 12 heavy (non-hydrogen) atoms. The predicted octanol–water partition coefficient (Wildman–Crippen LogP) is 2.95. The highest BCUT2D eigenvalue weighted by atomic mass is 35.5. The summed E-state index contributed by atoms with van der Waals surface area (Å²) in [5.41, 5.74) is 0. The first-order chi connectivity index (χ1) is 5.83. The second-order valence-corrected chi connectivity index (χ2v) is 3.49. The standard InChI is InChI=1S/C8H12Cl2N2/c9-4-2-1-3-5-12-7-8(10)6-11-12/h6-7H,1-5H2. The van der Waals surface area contributed by atoms with Gasteiger partial charge in [0.25, 0.3) is 0 Å². The van der Waals surface area contributed by atoms with Crippen molar-refractivity contribution in [2.75, 3.05) is 5.88 Å². The number of unbranched alkanes of at least 4 members (excludes halogenated alkanes) is 2. The molecule has 0 aliphatic heterocycles. The smallest absolute Gasteiger partial charge is 0.0785 e. The fourth-order valence-electron chi connectivity index (χ4n) is 1.01. The predicted molar refractivity (Wildman–Crippen MR) is 51.8 cm³/mol. The van der Waals surface area contributed by atoms with E-state index in [1.807, 2.05) is 10.9 Å². The van der Waals surface area contributed by atoms with E-state index in [0.29, 0.717) is 5.02 Å². The minimum Gasteiger partial charge on any atom is -0.271 e. The van der Waals surface area contributed by atoms with Crippen LogP contribution in [0, 0.1) is 0 Å². The Balaban J connectivity index is 2.15. The highest BCUT2D eigenvalue weighted by Crippen LogP contribution is 2.06. The van der Waals surface area contributed by atoms with E-state index in [9.17, 15) is 0 Å². The summed E-state index contributed by atoms with van der Waals surface area (Å²) >= 11 is 11.2. The van der Waals surface area contributed by atoms with Crippen molar-refractivity contribution in [3.05, 3.63) is 17.4 Å². The molecule has 0 aliphatic rings. The molecule has 0 aliphatic carbocycles. The van der Waals surface area contributed by atoms with Crippen LogP contribution in [0.2, 0.25) is 5.02 Å². The summed E-state index contributed by atoms with van der Waals surface area (Å²) in [6.45, 7) is 0.934. The van der Waals surface area contributed by atoms with Gasteiger partial charge in [-0.15, -0.1) is 11.6 Å². The SMILES string of the molecule is ClCCCCCn1cc(Cl)cn1. The number of nitrogens with zero attached hydrogens (tertiary/aromatic N) is 2. The Kier molecular flexibility index (Phi) is 4.48. The zero-order valence-corrected chi connectivity index (χ0v) is 8.35. The van der Waals surface area contributed by atoms with Crippen LogP contribution in [0.1, 0.15) is 19.3 Å². The van der Waals surface area contributed by atoms with Gasteiger partial charge in [0.1, 0.15) is 0 Å². The molecule has 0 atom stereocenters. The summed E-state index contributed by atoms with van der Waals surface area (Å²) in [6.07, 6.45) is 6.84. The summed E-state index contributed by atoms with van der Waals surface area (Å²) in [6, 6.07) is 0. The van der Waals surface area contributed by atoms with Crippen molar-refractivity contribution >= 4 is 23.2 Å². The maximum Gasteiger partial charge on any atom is 0.0785 e. The zero-order valence-electron chi connectivity index (χ0n) is 6.84. The molecule has 2 nitrogen and oxygen atoms in total. The summed E-state index contributed by atoms with van der Waals surface area (Å²) in [5.74, 6) is 0.750. The number of aromatic nitrogens is 2. The summed E-state index contributed by atoms with van der Waals surface area (Å²) in [7, 11) is 0. The van der Waals surface area contributed by atoms with Crippen molar-refractivity contribution < 1.29 is 0 Å². The molecule has 0 saturated carbocycles. The maximum absolute atomic E-state index is 5.70. The molecule has 0 amide bonds. The quantitative estimate of drug-likeness (QED) is 0.536. The Morgan fingerprint density at radius 2 is 2.17 bits per heavy atom. The normalized spacial score (nSPS) is 10.5. The van der Waals surface area contributed by atoms with Crippen molar-refractivity contribution in [2.45, 2.75) is 25.8 Å². The first-order valence-corrected chi connectivity index (χ1v) is 4.98. The van der Waals surface area contributed by atoms with Crippen LogP contribution in [0.3, 0.4) is 0 Å². The van der Waals surface area contributed by atoms with Gasteiger partial charge in [-0.05, 0) is 12.8 Å². The Hall–Kier alpha value is -0.210. The summed E-state index contributed by atoms with van der Waals surface area (Å²) in [5, 5.41) is 4.77. The van der Waals surface area contributed by atoms with Gasteiger partial charge >= 0.3 is 0 Å². The van der Waals surface area contributed by atoms with Gasteiger partial charge < -0.3 is 0 Å². The van der Waals surface area contributed by atoms with Gasteiger partial charge in [0.05, 0.1) is 11.2 Å². The Morgan fingerprint density at radius 3 is 2.75 bits per heavy atom. The minimum absolute atomic E-state index is 0.701. The zero-order chi connectivity index (χ0) is 8.81. The number of alkyl halides is 1. The van der Waals surface area contributed by atoms with Crippen molar-refractivity contribution in [2.24, 2.45) is 0 Å². The average Bonchev–Trinajstić information content (AvgIpc) is 2.45. The largest absolute Gasteiger partial charge is 0.271 e. The van der Waals surface area contributed by atoms with Crippen LogP contribution < -0.4 is 0 Å². The van der Waals surface area contributed by atoms with Crippen molar-refractivity contribution in [3.8, 4) is 0 Å². The van der Waals surface area contributed by atoms with Crippen molar-refractivity contribution in [1.82, 2.24) is 9.78 Å². The number of hydrogen-bond donors (Lipinski definition) is 0. The topological polar surface area (TPSA) is 17.8 Å². The molecule has 0 spiro atoms. The molecular formula is C8H12Cl2N2. The van der Waals surface area contributed by atoms with Gasteiger partial charge in [-0.25, -0.2) is 0 Å². The van der Waals surface area contributed by atoms with E-state index in [-0.39, 0.29) is 0 Å². The van der Waals surface area contributed by atoms with Crippen LogP contribution >= 0.6 is 23.2 Å². The van der Waals surface area contributed by atoms with Gasteiger partial charge in [-0.2, -0.15) is 5.10 Å². The Bertz CT molecular complexity index is 223. The van der Waals surface area contributed by atoms with Gasteiger partial charge in [0, 0.05) is 18.6 Å². The molecule has 0 fully saturated rings. The lowest BCUT2D eigenvalue weighted by molar-refractivity contribution is 0.554. The third-order valence-corrected chi connectivity index (χ3v) is 2.09. The highest BCUT2D eigenvalue weighted by Gasteiger charge is 1.94. The van der Waals surface area contributed by atoms with Crippen molar-refractivity contribution in [1.29, 1.82) is 0 Å². The Labute approximate surface area is 82.5 Å². The second kappa shape index (κ2) is 5.44. The highest BCUT2D eigenvalue weighted by molar-refractivity contribution is 6.30. The first kappa shape index (κ1) is 9.87. The van der Waals surface area contributed by atoms with Crippen LogP contribution in [0.5, 0.6) is 0 Å². The van der Waals surface area contributed by atoms with E-state index in [1.54, 1.807) is 6.20 Å². The van der Waals surface area contributed by atoms with E-state index in [4.69, 9.17) is 23.2 Å². The lowest BCUT2D eigenvalue weighted by Crippen LogP contribution is -1.97. The minimum atomic E-state index is 0.701. The van der Waals surface area contributed by atoms with Crippen LogP contribution in [-0.4, -0.2) is 15.7 Å². The lowest BCUT2D eigenvalue weighted by atomic mass is 10.2. The third-order valence-electron chi connectivity index (χ3n) is 1.62. The molecule has 1 heterocycles. The molecule has 0 unspecified atom stereocenters. The molecular weight excluding hydrogens is 195 g/mol. The van der Waals surface area contributed by atoms with Crippen LogP contribution in [0.15, 0.2) is 12.4 Å². The van der Waals surface area contributed by atoms with Crippen LogP contribution in [0.25, 0.3) is 0 Å². The molecule has 68 valence electrons. The molecule has 0 aromatic carbocycles. The number of hydrogen-bond acceptors (Lipinski definition) is 1. The monoisotopic (exact) mass is 206 g/mol. The van der Waals surface area contributed by atoms with E-state index in [1.165, 1.54) is 0 Å². The molecule has 0 N–H and O–H groups in total. The fraction of sp³-hybridized carbons (Fsp3) is 0.625. The van der Waals surface area contributed by atoms with Gasteiger partial charge in [-0.3, -0.25) is 4.68 Å². The Morgan fingerprint density at radius 1 is 1.33 bits per heavy atom. The van der Waals surface area contributed by atoms with E-state index in [2.05, 4.69) is 5.10 Å². The first-order valence-electron chi connectivity index (χ1n) is 4.07. The molecule has 0 saturated heterocycles. The maximum atomic E-state index is 5.70. The molecule has 1 rings (SSSR count). The number of aryl methyl sites for hydroxylation is 1. The third kappa shape index (κ3) is 3.46. The molecule has 1 aromatic rings. The van der Waals surface area contributed by atoms with Crippen molar-refractivity contribution in [3.63, 3.8) is 0 Å². The summed E-state index contributed by atoms with van der Waals surface area (Å²) in [4.78, 5) is 0. The fourth-order valence-corrected chi connectivity index (χ4v) is 1.35. The molecule has 4 heteroatoms. The summed E-state index contributed by atoms with van der Waals surface area (Å²) < 4.78 is 1.86. The van der Waals surface area contributed by atoms with Crippen LogP contribution in [0.4, 0.5) is 0 Å². The number of rotatable bonds is 5. The van der Waals surface area contributed by atoms with Gasteiger partial charge in [-0.1, -0.05) is 18.0 Å². The van der Waals surface area contributed by atoms with E-state index >= 15 is 0 Å². The molecule has 0 radical (unpaired) electrons. The van der Waals surface area contributed by atoms with E-state index < -0.39 is 0 Å². The lowest BCUT2D eigenvalue weighted by Gasteiger charge is -1.98. The van der Waals surface area contributed by atoms with Crippen LogP contribution in [-0.2, 0) is 6.54 Å². The average molecular weight is 207 g/mol. The van der Waals surface area contributed by atoms with Gasteiger partial charge in [0.15, 0.2) is 0 Å². The molecule has 0 bridgehead atoms.